The summed E-state index contributed by atoms with van der Waals surface area (Å²) in [6, 6.07) is 27.5. The van der Waals surface area contributed by atoms with E-state index >= 15 is 0 Å². The quantitative estimate of drug-likeness (QED) is 0.0385. The molecular formula is C46H60N2O6S5Si2. The summed E-state index contributed by atoms with van der Waals surface area (Å²) in [5, 5.41) is 2.10. The lowest BCUT2D eigenvalue weighted by Crippen LogP contribution is -2.46. The molecule has 0 fully saturated rings. The molecule has 2 aromatic heterocycles. The SMILES string of the molecule is CCO[Si](CCCc1ccc(C)c(-c2nc3ccccc3s2)c1SSSc1c(CCC[Si](OCC)(OCC)OCC)ccc(C)c1-c1nc2ccccc2s1)(OCC)OCC. The van der Waals surface area contributed by atoms with Crippen molar-refractivity contribution >= 4 is 92.1 Å². The second-order valence-corrected chi connectivity index (χ2v) is 25.8. The third-order valence-electron chi connectivity index (χ3n) is 10.2. The number of nitrogens with zero attached hydrogens (tertiary/aromatic N) is 2. The molecule has 15 heteroatoms. The van der Waals surface area contributed by atoms with Crippen molar-refractivity contribution < 1.29 is 26.6 Å². The third-order valence-corrected chi connectivity index (χ3v) is 22.6. The summed E-state index contributed by atoms with van der Waals surface area (Å²) in [5.74, 6) is 0. The Morgan fingerprint density at radius 3 is 1.20 bits per heavy atom. The van der Waals surface area contributed by atoms with Crippen molar-refractivity contribution in [3.05, 3.63) is 95.1 Å². The van der Waals surface area contributed by atoms with Gasteiger partial charge < -0.3 is 26.6 Å². The van der Waals surface area contributed by atoms with Crippen LogP contribution in [0.2, 0.25) is 12.1 Å². The molecule has 6 aromatic rings. The van der Waals surface area contributed by atoms with E-state index in [9.17, 15) is 0 Å². The van der Waals surface area contributed by atoms with E-state index in [-0.39, 0.29) is 0 Å². The third kappa shape index (κ3) is 12.2. The van der Waals surface area contributed by atoms with Crippen molar-refractivity contribution in [3.63, 3.8) is 0 Å². The lowest BCUT2D eigenvalue weighted by atomic mass is 10.0. The van der Waals surface area contributed by atoms with Crippen LogP contribution in [-0.4, -0.2) is 67.2 Å². The van der Waals surface area contributed by atoms with Crippen LogP contribution in [0, 0.1) is 13.8 Å². The van der Waals surface area contributed by atoms with E-state index in [4.69, 9.17) is 36.5 Å². The average Bonchev–Trinajstić information content (AvgIpc) is 3.87. The summed E-state index contributed by atoms with van der Waals surface area (Å²) in [6.45, 7) is 20.0. The Labute approximate surface area is 384 Å². The van der Waals surface area contributed by atoms with Crippen LogP contribution in [0.25, 0.3) is 41.6 Å². The van der Waals surface area contributed by atoms with Crippen molar-refractivity contribution in [2.45, 2.75) is 103 Å². The van der Waals surface area contributed by atoms with E-state index in [1.165, 1.54) is 52.6 Å². The predicted molar refractivity (Wildman–Crippen MR) is 266 cm³/mol. The highest BCUT2D eigenvalue weighted by Gasteiger charge is 2.41. The van der Waals surface area contributed by atoms with Gasteiger partial charge in [-0.25, -0.2) is 9.97 Å². The lowest BCUT2D eigenvalue weighted by molar-refractivity contribution is 0.0700. The van der Waals surface area contributed by atoms with Crippen molar-refractivity contribution in [1.82, 2.24) is 9.97 Å². The fourth-order valence-corrected chi connectivity index (χ4v) is 19.7. The smallest absolute Gasteiger partial charge is 0.374 e. The monoisotopic (exact) mass is 952 g/mol. The van der Waals surface area contributed by atoms with Gasteiger partial charge >= 0.3 is 17.6 Å². The molecule has 6 rings (SSSR count). The van der Waals surface area contributed by atoms with Crippen molar-refractivity contribution in [1.29, 1.82) is 0 Å². The number of rotatable bonds is 26. The number of benzene rings is 4. The van der Waals surface area contributed by atoms with Gasteiger partial charge in [-0.1, -0.05) is 48.5 Å². The van der Waals surface area contributed by atoms with Crippen LogP contribution in [0.5, 0.6) is 0 Å². The molecule has 0 atom stereocenters. The molecule has 0 unspecified atom stereocenters. The molecular weight excluding hydrogens is 893 g/mol. The maximum atomic E-state index is 6.26. The summed E-state index contributed by atoms with van der Waals surface area (Å²) < 4.78 is 39.9. The first-order valence-electron chi connectivity index (χ1n) is 21.5. The van der Waals surface area contributed by atoms with Gasteiger partial charge in [-0.15, -0.1) is 22.7 Å². The van der Waals surface area contributed by atoms with Gasteiger partial charge in [0.2, 0.25) is 0 Å². The Balaban J connectivity index is 1.36. The Hall–Kier alpha value is -2.10. The maximum Gasteiger partial charge on any atom is 0.500 e. The van der Waals surface area contributed by atoms with Gasteiger partial charge in [0, 0.05) is 72.6 Å². The Morgan fingerprint density at radius 2 is 0.852 bits per heavy atom. The number of fused-ring (bicyclic) bond motifs is 2. The zero-order valence-electron chi connectivity index (χ0n) is 36.8. The normalized spacial score (nSPS) is 12.3. The van der Waals surface area contributed by atoms with Gasteiger partial charge in [0.05, 0.1) is 20.4 Å². The average molecular weight is 954 g/mol. The number of hydrogen-bond acceptors (Lipinski definition) is 13. The first kappa shape index (κ1) is 48.4. The highest BCUT2D eigenvalue weighted by Crippen LogP contribution is 2.54. The number of hydrogen-bond donors (Lipinski definition) is 0. The summed E-state index contributed by atoms with van der Waals surface area (Å²) >= 11 is 3.53. The van der Waals surface area contributed by atoms with E-state index in [1.54, 1.807) is 22.7 Å². The molecule has 328 valence electrons. The summed E-state index contributed by atoms with van der Waals surface area (Å²) in [4.78, 5) is 12.9. The van der Waals surface area contributed by atoms with Crippen LogP contribution in [-0.2, 0) is 39.4 Å². The number of thiazole rings is 2. The summed E-state index contributed by atoms with van der Waals surface area (Å²) in [7, 11) is -0.0977. The topological polar surface area (TPSA) is 81.2 Å². The molecule has 8 nitrogen and oxygen atoms in total. The minimum absolute atomic E-state index is 0.571. The van der Waals surface area contributed by atoms with Crippen molar-refractivity contribution in [2.75, 3.05) is 39.6 Å². The molecule has 2 heterocycles. The Bertz CT molecular complexity index is 2060. The zero-order valence-corrected chi connectivity index (χ0v) is 42.9. The lowest BCUT2D eigenvalue weighted by Gasteiger charge is -2.28. The second kappa shape index (κ2) is 23.7. The minimum Gasteiger partial charge on any atom is -0.374 e. The van der Waals surface area contributed by atoms with E-state index in [2.05, 4.69) is 86.6 Å². The van der Waals surface area contributed by atoms with Crippen LogP contribution >= 0.6 is 54.1 Å². The van der Waals surface area contributed by atoms with Gasteiger partial charge in [0.15, 0.2) is 0 Å². The molecule has 0 saturated heterocycles. The highest BCUT2D eigenvalue weighted by molar-refractivity contribution is 9.09. The van der Waals surface area contributed by atoms with Crippen LogP contribution in [0.4, 0.5) is 0 Å². The van der Waals surface area contributed by atoms with E-state index in [0.717, 1.165) is 58.8 Å². The van der Waals surface area contributed by atoms with Crippen LogP contribution in [0.3, 0.4) is 0 Å². The zero-order chi connectivity index (χ0) is 43.2. The van der Waals surface area contributed by atoms with Gasteiger partial charge in [0.25, 0.3) is 0 Å². The second-order valence-electron chi connectivity index (χ2n) is 14.4. The van der Waals surface area contributed by atoms with E-state index in [0.29, 0.717) is 39.6 Å². The number of para-hydroxylation sites is 2. The highest BCUT2D eigenvalue weighted by atomic mass is 33.5. The van der Waals surface area contributed by atoms with Crippen LogP contribution < -0.4 is 0 Å². The van der Waals surface area contributed by atoms with Gasteiger partial charge in [-0.3, -0.25) is 0 Å². The Kier molecular flexibility index (Phi) is 18.8. The molecule has 0 saturated carbocycles. The van der Waals surface area contributed by atoms with Gasteiger partial charge in [-0.05, 0) is 159 Å². The first-order valence-corrected chi connectivity index (χ1v) is 30.5. The molecule has 61 heavy (non-hydrogen) atoms. The fraction of sp³-hybridized carbons (Fsp3) is 0.435. The largest absolute Gasteiger partial charge is 0.500 e. The maximum absolute atomic E-state index is 6.26. The molecule has 0 aliphatic carbocycles. The number of aryl methyl sites for hydroxylation is 4. The molecule has 0 aliphatic heterocycles. The van der Waals surface area contributed by atoms with Crippen molar-refractivity contribution in [3.8, 4) is 21.1 Å². The molecule has 4 aromatic carbocycles. The minimum atomic E-state index is -2.80. The summed E-state index contributed by atoms with van der Waals surface area (Å²) in [6.07, 6.45) is 3.51. The molecule has 0 amide bonds. The van der Waals surface area contributed by atoms with E-state index in [1.807, 2.05) is 73.0 Å². The first-order chi connectivity index (χ1) is 29.7. The van der Waals surface area contributed by atoms with Gasteiger partial charge in [-0.2, -0.15) is 0 Å². The predicted octanol–water partition coefficient (Wildman–Crippen LogP) is 14.3. The molecule has 0 radical (unpaired) electrons. The Morgan fingerprint density at radius 1 is 0.492 bits per heavy atom. The number of aromatic nitrogens is 2. The fourth-order valence-electron chi connectivity index (χ4n) is 7.60. The molecule has 0 aliphatic rings. The van der Waals surface area contributed by atoms with E-state index < -0.39 is 17.6 Å². The van der Waals surface area contributed by atoms with Crippen molar-refractivity contribution in [2.24, 2.45) is 0 Å². The molecule has 0 N–H and O–H groups in total. The van der Waals surface area contributed by atoms with Crippen LogP contribution in [0.1, 0.15) is 76.6 Å². The van der Waals surface area contributed by atoms with Crippen LogP contribution in [0.15, 0.2) is 82.6 Å². The standard InChI is InChI=1S/C46H60N2O6S5Si2/c1-9-49-60(50-10-2,51-11-3)31-19-21-35-29-27-33(7)41(45-47-37-23-15-17-25-39(37)55-45)43(35)57-59-58-44-36(22-20-32-61(52-12-4,53-13-5)54-14-6)30-28-34(8)42(44)46-48-38-24-16-18-26-40(38)56-46/h15-18,23-30H,9-14,19-22,31-32H2,1-8H3. The summed E-state index contributed by atoms with van der Waals surface area (Å²) in [5.41, 5.74) is 9.50. The molecule has 0 spiro atoms. The molecule has 0 bridgehead atoms. The van der Waals surface area contributed by atoms with Gasteiger partial charge in [0.1, 0.15) is 10.0 Å².